The fourth-order valence-electron chi connectivity index (χ4n) is 1.80. The molecule has 1 aliphatic carbocycles. The molecule has 0 saturated heterocycles. The van der Waals surface area contributed by atoms with Crippen LogP contribution in [0.3, 0.4) is 0 Å². The van der Waals surface area contributed by atoms with E-state index >= 15 is 0 Å². The van der Waals surface area contributed by atoms with Gasteiger partial charge in [-0.05, 0) is 31.9 Å². The van der Waals surface area contributed by atoms with Gasteiger partial charge in [-0.2, -0.15) is 4.98 Å². The van der Waals surface area contributed by atoms with Crippen molar-refractivity contribution in [2.75, 3.05) is 5.73 Å². The molecule has 4 nitrogen and oxygen atoms in total. The Balaban J connectivity index is 1.95. The van der Waals surface area contributed by atoms with Crippen molar-refractivity contribution in [3.05, 3.63) is 41.5 Å². The quantitative estimate of drug-likeness (QED) is 0.919. The van der Waals surface area contributed by atoms with E-state index in [9.17, 15) is 4.39 Å². The molecule has 2 N–H and O–H groups in total. The normalized spacial score (nSPS) is 14.4. The highest BCUT2D eigenvalue weighted by Gasteiger charge is 2.28. The molecular weight excluding hydrogens is 245 g/mol. The van der Waals surface area contributed by atoms with Crippen molar-refractivity contribution in [2.45, 2.75) is 25.7 Å². The standard InChI is InChI=1S/C14H14FN3O/c1-8-12(16)17-13(9-5-6-9)18-14(8)19-11-4-2-3-10(15)7-11/h2-4,7,9H,5-6H2,1H3,(H2,16,17,18). The van der Waals surface area contributed by atoms with Crippen LogP contribution in [0.2, 0.25) is 0 Å². The molecular formula is C14H14FN3O. The summed E-state index contributed by atoms with van der Waals surface area (Å²) >= 11 is 0. The van der Waals surface area contributed by atoms with Crippen LogP contribution in [0.4, 0.5) is 10.2 Å². The summed E-state index contributed by atoms with van der Waals surface area (Å²) in [6, 6.07) is 5.95. The number of halogens is 1. The number of nitrogen functional groups attached to an aromatic ring is 1. The third-order valence-corrected chi connectivity index (χ3v) is 3.11. The Kier molecular flexibility index (Phi) is 2.81. The maximum absolute atomic E-state index is 13.1. The molecule has 1 heterocycles. The zero-order valence-corrected chi connectivity index (χ0v) is 10.6. The zero-order valence-electron chi connectivity index (χ0n) is 10.6. The summed E-state index contributed by atoms with van der Waals surface area (Å²) in [7, 11) is 0. The van der Waals surface area contributed by atoms with E-state index in [1.54, 1.807) is 19.1 Å². The number of ether oxygens (including phenoxy) is 1. The highest BCUT2D eigenvalue weighted by molar-refractivity contribution is 5.46. The number of hydrogen-bond acceptors (Lipinski definition) is 4. The molecule has 19 heavy (non-hydrogen) atoms. The molecule has 5 heteroatoms. The molecule has 1 fully saturated rings. The average Bonchev–Trinajstić information content (AvgIpc) is 3.19. The Labute approximate surface area is 110 Å². The van der Waals surface area contributed by atoms with Gasteiger partial charge in [0.15, 0.2) is 0 Å². The molecule has 98 valence electrons. The Morgan fingerprint density at radius 3 is 2.79 bits per heavy atom. The van der Waals surface area contributed by atoms with Crippen LogP contribution in [-0.2, 0) is 0 Å². The third kappa shape index (κ3) is 2.50. The third-order valence-electron chi connectivity index (χ3n) is 3.11. The number of rotatable bonds is 3. The number of aromatic nitrogens is 2. The van der Waals surface area contributed by atoms with Gasteiger partial charge < -0.3 is 10.5 Å². The minimum absolute atomic E-state index is 0.348. The zero-order chi connectivity index (χ0) is 13.4. The van der Waals surface area contributed by atoms with Crippen molar-refractivity contribution in [3.8, 4) is 11.6 Å². The molecule has 0 spiro atoms. The van der Waals surface area contributed by atoms with Crippen LogP contribution < -0.4 is 10.5 Å². The van der Waals surface area contributed by atoms with E-state index < -0.39 is 0 Å². The maximum atomic E-state index is 13.1. The maximum Gasteiger partial charge on any atom is 0.227 e. The first kappa shape index (κ1) is 11.9. The van der Waals surface area contributed by atoms with E-state index in [1.165, 1.54) is 12.1 Å². The summed E-state index contributed by atoms with van der Waals surface area (Å²) in [6.07, 6.45) is 2.17. The molecule has 1 aromatic carbocycles. The van der Waals surface area contributed by atoms with Crippen LogP contribution in [0.1, 0.15) is 30.1 Å². The van der Waals surface area contributed by atoms with Crippen molar-refractivity contribution < 1.29 is 9.13 Å². The lowest BCUT2D eigenvalue weighted by molar-refractivity contribution is 0.450. The molecule has 0 radical (unpaired) electrons. The van der Waals surface area contributed by atoms with E-state index in [1.807, 2.05) is 0 Å². The van der Waals surface area contributed by atoms with Gasteiger partial charge >= 0.3 is 0 Å². The fraction of sp³-hybridized carbons (Fsp3) is 0.286. The van der Waals surface area contributed by atoms with Crippen molar-refractivity contribution in [1.29, 1.82) is 0 Å². The Morgan fingerprint density at radius 1 is 1.32 bits per heavy atom. The number of benzene rings is 1. The van der Waals surface area contributed by atoms with E-state index in [0.717, 1.165) is 18.7 Å². The Bertz CT molecular complexity index is 626. The summed E-state index contributed by atoms with van der Waals surface area (Å²) in [5.74, 6) is 1.98. The molecule has 0 unspecified atom stereocenters. The van der Waals surface area contributed by atoms with Gasteiger partial charge in [0.05, 0.1) is 5.56 Å². The highest BCUT2D eigenvalue weighted by Crippen LogP contribution is 2.40. The summed E-state index contributed by atoms with van der Waals surface area (Å²) in [5.41, 5.74) is 6.54. The van der Waals surface area contributed by atoms with Crippen molar-refractivity contribution in [1.82, 2.24) is 9.97 Å². The molecule has 0 amide bonds. The van der Waals surface area contributed by atoms with Crippen molar-refractivity contribution >= 4 is 5.82 Å². The molecule has 3 rings (SSSR count). The monoisotopic (exact) mass is 259 g/mol. The first-order valence-electron chi connectivity index (χ1n) is 6.21. The van der Waals surface area contributed by atoms with Gasteiger partial charge in [-0.25, -0.2) is 9.37 Å². The Morgan fingerprint density at radius 2 is 2.11 bits per heavy atom. The summed E-state index contributed by atoms with van der Waals surface area (Å²) in [6.45, 7) is 1.79. The first-order valence-corrected chi connectivity index (χ1v) is 6.21. The lowest BCUT2D eigenvalue weighted by Gasteiger charge is -2.10. The predicted octanol–water partition coefficient (Wildman–Crippen LogP) is 3.18. The second kappa shape index (κ2) is 4.50. The number of hydrogen-bond donors (Lipinski definition) is 1. The van der Waals surface area contributed by atoms with Crippen LogP contribution in [0, 0.1) is 12.7 Å². The van der Waals surface area contributed by atoms with Gasteiger partial charge in [0.25, 0.3) is 0 Å². The fourth-order valence-corrected chi connectivity index (χ4v) is 1.80. The second-order valence-corrected chi connectivity index (χ2v) is 4.73. The van der Waals surface area contributed by atoms with Crippen molar-refractivity contribution in [2.24, 2.45) is 0 Å². The average molecular weight is 259 g/mol. The Hall–Kier alpha value is -2.17. The second-order valence-electron chi connectivity index (χ2n) is 4.73. The van der Waals surface area contributed by atoms with E-state index in [0.29, 0.717) is 28.9 Å². The topological polar surface area (TPSA) is 61.0 Å². The molecule has 1 aromatic heterocycles. The SMILES string of the molecule is Cc1c(N)nc(C2CC2)nc1Oc1cccc(F)c1. The largest absolute Gasteiger partial charge is 0.438 e. The molecule has 0 atom stereocenters. The molecule has 1 saturated carbocycles. The minimum Gasteiger partial charge on any atom is -0.438 e. The van der Waals surface area contributed by atoms with Gasteiger partial charge in [0.1, 0.15) is 23.2 Å². The van der Waals surface area contributed by atoms with Gasteiger partial charge in [0.2, 0.25) is 5.88 Å². The van der Waals surface area contributed by atoms with Gasteiger partial charge in [-0.1, -0.05) is 6.07 Å². The van der Waals surface area contributed by atoms with Crippen LogP contribution in [0.25, 0.3) is 0 Å². The highest BCUT2D eigenvalue weighted by atomic mass is 19.1. The van der Waals surface area contributed by atoms with E-state index in [2.05, 4.69) is 9.97 Å². The van der Waals surface area contributed by atoms with Crippen LogP contribution in [0.15, 0.2) is 24.3 Å². The number of nitrogens with two attached hydrogens (primary N) is 1. The number of anilines is 1. The lowest BCUT2D eigenvalue weighted by atomic mass is 10.3. The summed E-state index contributed by atoms with van der Waals surface area (Å²) in [5, 5.41) is 0. The molecule has 1 aliphatic rings. The van der Waals surface area contributed by atoms with Crippen molar-refractivity contribution in [3.63, 3.8) is 0 Å². The van der Waals surface area contributed by atoms with E-state index in [4.69, 9.17) is 10.5 Å². The van der Waals surface area contributed by atoms with Crippen LogP contribution in [-0.4, -0.2) is 9.97 Å². The van der Waals surface area contributed by atoms with Crippen LogP contribution in [0.5, 0.6) is 11.6 Å². The summed E-state index contributed by atoms with van der Waals surface area (Å²) < 4.78 is 18.7. The van der Waals surface area contributed by atoms with Gasteiger partial charge in [0, 0.05) is 12.0 Å². The molecule has 0 bridgehead atoms. The van der Waals surface area contributed by atoms with E-state index in [-0.39, 0.29) is 5.82 Å². The van der Waals surface area contributed by atoms with Gasteiger partial charge in [-0.15, -0.1) is 0 Å². The lowest BCUT2D eigenvalue weighted by Crippen LogP contribution is -2.04. The molecule has 0 aliphatic heterocycles. The first-order chi connectivity index (χ1) is 9.13. The predicted molar refractivity (Wildman–Crippen MR) is 69.6 cm³/mol. The van der Waals surface area contributed by atoms with Gasteiger partial charge in [-0.3, -0.25) is 0 Å². The molecule has 2 aromatic rings. The minimum atomic E-state index is -0.348. The number of nitrogens with zero attached hydrogens (tertiary/aromatic N) is 2. The summed E-state index contributed by atoms with van der Waals surface area (Å²) in [4.78, 5) is 8.65. The van der Waals surface area contributed by atoms with Crippen LogP contribution >= 0.6 is 0 Å². The smallest absolute Gasteiger partial charge is 0.227 e.